The van der Waals surface area contributed by atoms with Crippen LogP contribution >= 0.6 is 0 Å². The second-order valence-electron chi connectivity index (χ2n) is 6.66. The minimum atomic E-state index is -3.83. The Kier molecular flexibility index (Phi) is 3.24. The molecule has 0 atom stereocenters. The van der Waals surface area contributed by atoms with E-state index in [-0.39, 0.29) is 15.9 Å². The van der Waals surface area contributed by atoms with Crippen LogP contribution in [0.5, 0.6) is 0 Å². The second kappa shape index (κ2) is 5.00. The van der Waals surface area contributed by atoms with Crippen molar-refractivity contribution >= 4 is 15.8 Å². The Morgan fingerprint density at radius 2 is 2.04 bits per heavy atom. The van der Waals surface area contributed by atoms with E-state index in [0.717, 1.165) is 35.1 Å². The van der Waals surface area contributed by atoms with Gasteiger partial charge in [-0.25, -0.2) is 22.1 Å². The largest absolute Gasteiger partial charge is 0.369 e. The third kappa shape index (κ3) is 2.15. The third-order valence-corrected chi connectivity index (χ3v) is 6.77. The predicted octanol–water partition coefficient (Wildman–Crippen LogP) is 2.60. The SMILES string of the molecule is CN(C)S(=O)(=O)c1cccc(-c2cnc3c(c2)C2(CC2)CN3)c1F. The highest BCUT2D eigenvalue weighted by molar-refractivity contribution is 7.89. The summed E-state index contributed by atoms with van der Waals surface area (Å²) in [5, 5.41) is 3.29. The van der Waals surface area contributed by atoms with E-state index in [9.17, 15) is 12.8 Å². The normalized spacial score (nSPS) is 17.8. The van der Waals surface area contributed by atoms with Gasteiger partial charge in [-0.2, -0.15) is 0 Å². The van der Waals surface area contributed by atoms with Gasteiger partial charge in [0.15, 0.2) is 5.82 Å². The van der Waals surface area contributed by atoms with Gasteiger partial charge in [0.25, 0.3) is 0 Å². The highest BCUT2D eigenvalue weighted by atomic mass is 32.2. The monoisotopic (exact) mass is 347 g/mol. The third-order valence-electron chi connectivity index (χ3n) is 4.94. The van der Waals surface area contributed by atoms with Crippen LogP contribution in [0, 0.1) is 5.82 Å². The lowest BCUT2D eigenvalue weighted by atomic mass is 9.97. The summed E-state index contributed by atoms with van der Waals surface area (Å²) >= 11 is 0. The van der Waals surface area contributed by atoms with Crippen molar-refractivity contribution in [3.8, 4) is 11.1 Å². The summed E-state index contributed by atoms with van der Waals surface area (Å²) in [5.41, 5.74) is 2.12. The number of pyridine rings is 1. The molecular weight excluding hydrogens is 329 g/mol. The van der Waals surface area contributed by atoms with Gasteiger partial charge >= 0.3 is 0 Å². The molecule has 1 spiro atoms. The zero-order valence-electron chi connectivity index (χ0n) is 13.5. The van der Waals surface area contributed by atoms with Crippen molar-refractivity contribution in [2.45, 2.75) is 23.2 Å². The quantitative estimate of drug-likeness (QED) is 0.927. The smallest absolute Gasteiger partial charge is 0.245 e. The first-order valence-corrected chi connectivity index (χ1v) is 9.25. The predicted molar refractivity (Wildman–Crippen MR) is 89.9 cm³/mol. The Morgan fingerprint density at radius 1 is 1.29 bits per heavy atom. The van der Waals surface area contributed by atoms with Gasteiger partial charge in [0.1, 0.15) is 10.7 Å². The lowest BCUT2D eigenvalue weighted by molar-refractivity contribution is 0.508. The molecule has 2 aromatic rings. The van der Waals surface area contributed by atoms with Gasteiger partial charge in [-0.15, -0.1) is 0 Å². The summed E-state index contributed by atoms with van der Waals surface area (Å²) in [6.45, 7) is 0.871. The van der Waals surface area contributed by atoms with Gasteiger partial charge in [-0.3, -0.25) is 0 Å². The van der Waals surface area contributed by atoms with E-state index in [1.807, 2.05) is 6.07 Å². The average molecular weight is 347 g/mol. The standard InChI is InChI=1S/C17H18FN3O2S/c1-21(2)24(22,23)14-5-3-4-12(15(14)18)11-8-13-16(19-9-11)20-10-17(13)6-7-17/h3-5,8-9H,6-7,10H2,1-2H3,(H,19,20). The summed E-state index contributed by atoms with van der Waals surface area (Å²) < 4.78 is 40.5. The van der Waals surface area contributed by atoms with Gasteiger partial charge in [0.2, 0.25) is 10.0 Å². The molecule has 1 saturated carbocycles. The molecule has 7 heteroatoms. The number of hydrogen-bond donors (Lipinski definition) is 1. The fourth-order valence-corrected chi connectivity index (χ4v) is 4.21. The average Bonchev–Trinajstić information content (AvgIpc) is 3.24. The Bertz CT molecular complexity index is 937. The number of halogens is 1. The van der Waals surface area contributed by atoms with Crippen LogP contribution in [0.1, 0.15) is 18.4 Å². The van der Waals surface area contributed by atoms with Crippen LogP contribution in [0.15, 0.2) is 35.4 Å². The summed E-state index contributed by atoms with van der Waals surface area (Å²) in [6.07, 6.45) is 3.81. The van der Waals surface area contributed by atoms with Gasteiger partial charge < -0.3 is 5.32 Å². The van der Waals surface area contributed by atoms with Gasteiger partial charge in [0.05, 0.1) is 0 Å². The molecule has 0 radical (unpaired) electrons. The van der Waals surface area contributed by atoms with Crippen LogP contribution in [0.2, 0.25) is 0 Å². The molecule has 1 aromatic carbocycles. The molecule has 0 amide bonds. The van der Waals surface area contributed by atoms with E-state index in [0.29, 0.717) is 5.56 Å². The lowest BCUT2D eigenvalue weighted by Gasteiger charge is -2.14. The molecule has 126 valence electrons. The van der Waals surface area contributed by atoms with Crippen LogP contribution in [0.3, 0.4) is 0 Å². The number of aromatic nitrogens is 1. The molecule has 4 rings (SSSR count). The van der Waals surface area contributed by atoms with Crippen molar-refractivity contribution in [1.82, 2.24) is 9.29 Å². The molecule has 2 heterocycles. The number of rotatable bonds is 3. The summed E-state index contributed by atoms with van der Waals surface area (Å²) in [4.78, 5) is 4.09. The summed E-state index contributed by atoms with van der Waals surface area (Å²) in [5.74, 6) is 0.123. The Balaban J connectivity index is 1.85. The molecule has 2 aliphatic rings. The lowest BCUT2D eigenvalue weighted by Crippen LogP contribution is -2.23. The zero-order chi connectivity index (χ0) is 17.1. The minimum absolute atomic E-state index is 0.141. The zero-order valence-corrected chi connectivity index (χ0v) is 14.3. The van der Waals surface area contributed by atoms with Gasteiger partial charge in [-0.05, 0) is 25.0 Å². The highest BCUT2D eigenvalue weighted by Gasteiger charge is 2.49. The first-order chi connectivity index (χ1) is 11.3. The van der Waals surface area contributed by atoms with Crippen LogP contribution in [0.25, 0.3) is 11.1 Å². The molecule has 1 aliphatic carbocycles. The molecule has 0 unspecified atom stereocenters. The molecule has 1 fully saturated rings. The number of nitrogens with zero attached hydrogens (tertiary/aromatic N) is 2. The molecule has 1 N–H and O–H groups in total. The molecule has 1 aromatic heterocycles. The maximum absolute atomic E-state index is 14.9. The van der Waals surface area contributed by atoms with Crippen molar-refractivity contribution in [3.05, 3.63) is 41.8 Å². The minimum Gasteiger partial charge on any atom is -0.369 e. The molecule has 0 bridgehead atoms. The Hall–Kier alpha value is -1.99. The summed E-state index contributed by atoms with van der Waals surface area (Å²) in [6, 6.07) is 6.39. The first kappa shape index (κ1) is 15.5. The van der Waals surface area contributed by atoms with Crippen molar-refractivity contribution < 1.29 is 12.8 Å². The molecule has 1 aliphatic heterocycles. The number of benzene rings is 1. The fraction of sp³-hybridized carbons (Fsp3) is 0.353. The molecule has 5 nitrogen and oxygen atoms in total. The second-order valence-corrected chi connectivity index (χ2v) is 8.78. The van der Waals surface area contributed by atoms with Crippen molar-refractivity contribution in [3.63, 3.8) is 0 Å². The molecular formula is C17H18FN3O2S. The molecule has 0 saturated heterocycles. The number of sulfonamides is 1. The van der Waals surface area contributed by atoms with E-state index in [4.69, 9.17) is 0 Å². The Labute approximate surface area is 140 Å². The number of nitrogens with one attached hydrogen (secondary N) is 1. The van der Waals surface area contributed by atoms with Crippen molar-refractivity contribution in [2.75, 3.05) is 26.0 Å². The van der Waals surface area contributed by atoms with Gasteiger partial charge in [0, 0.05) is 48.9 Å². The van der Waals surface area contributed by atoms with Crippen LogP contribution in [0.4, 0.5) is 10.2 Å². The van der Waals surface area contributed by atoms with E-state index >= 15 is 0 Å². The maximum atomic E-state index is 14.9. The van der Waals surface area contributed by atoms with E-state index in [1.165, 1.54) is 20.2 Å². The Morgan fingerprint density at radius 3 is 2.71 bits per heavy atom. The van der Waals surface area contributed by atoms with Crippen LogP contribution in [-0.4, -0.2) is 38.3 Å². The number of anilines is 1. The van der Waals surface area contributed by atoms with E-state index in [2.05, 4.69) is 10.3 Å². The maximum Gasteiger partial charge on any atom is 0.245 e. The number of fused-ring (bicyclic) bond motifs is 2. The molecule has 24 heavy (non-hydrogen) atoms. The number of hydrogen-bond acceptors (Lipinski definition) is 4. The van der Waals surface area contributed by atoms with Gasteiger partial charge in [-0.1, -0.05) is 12.1 Å². The van der Waals surface area contributed by atoms with Crippen molar-refractivity contribution in [1.29, 1.82) is 0 Å². The van der Waals surface area contributed by atoms with Crippen LogP contribution < -0.4 is 5.32 Å². The topological polar surface area (TPSA) is 62.3 Å². The van der Waals surface area contributed by atoms with Crippen LogP contribution in [-0.2, 0) is 15.4 Å². The van der Waals surface area contributed by atoms with Crippen molar-refractivity contribution in [2.24, 2.45) is 0 Å². The van der Waals surface area contributed by atoms with E-state index < -0.39 is 15.8 Å². The summed E-state index contributed by atoms with van der Waals surface area (Å²) in [7, 11) is -1.05. The highest BCUT2D eigenvalue weighted by Crippen LogP contribution is 2.54. The van der Waals surface area contributed by atoms with E-state index in [1.54, 1.807) is 18.3 Å². The first-order valence-electron chi connectivity index (χ1n) is 7.81. The fourth-order valence-electron chi connectivity index (χ4n) is 3.23.